The fourth-order valence-electron chi connectivity index (χ4n) is 7.17. The minimum Gasteiger partial charge on any atom is -0.454 e. The number of nitrogens with one attached hydrogen (secondary N) is 1. The summed E-state index contributed by atoms with van der Waals surface area (Å²) in [5.74, 6) is 1.85. The van der Waals surface area contributed by atoms with Crippen LogP contribution in [-0.4, -0.2) is 9.55 Å². The van der Waals surface area contributed by atoms with Crippen LogP contribution in [0.25, 0.3) is 60.4 Å². The second-order valence-electron chi connectivity index (χ2n) is 11.9. The summed E-state index contributed by atoms with van der Waals surface area (Å²) in [4.78, 5) is 3.72. The van der Waals surface area contributed by atoms with Crippen LogP contribution in [0.5, 0.6) is 11.5 Å². The van der Waals surface area contributed by atoms with Crippen molar-refractivity contribution in [2.24, 2.45) is 0 Å². The van der Waals surface area contributed by atoms with Crippen LogP contribution in [0.4, 0.5) is 0 Å². The van der Waals surface area contributed by atoms with E-state index in [1.165, 1.54) is 49.3 Å². The summed E-state index contributed by atoms with van der Waals surface area (Å²) >= 11 is 0. The number of aromatic nitrogens is 2. The number of hydrogen-bond acceptors (Lipinski definition) is 1. The fraction of sp³-hybridized carbons (Fsp3) is 0.0769. The zero-order valence-corrected chi connectivity index (χ0v) is 23.5. The van der Waals surface area contributed by atoms with Crippen molar-refractivity contribution in [3.8, 4) is 28.3 Å². The van der Waals surface area contributed by atoms with Crippen LogP contribution < -0.4 is 4.74 Å². The number of rotatable bonds is 2. The van der Waals surface area contributed by atoms with Crippen molar-refractivity contribution in [2.75, 3.05) is 0 Å². The predicted octanol–water partition coefficient (Wildman–Crippen LogP) is 10.5. The minimum atomic E-state index is -0.282. The SMILES string of the molecule is CC1(C)c2ccc3c4ccccc4n(-c4ccc(-c5ccccc5)cc4)c3c2Oc2ccc3c([nH]c4ccccc43)c21. The number of para-hydroxylation sites is 2. The molecule has 3 heteroatoms. The van der Waals surface area contributed by atoms with Gasteiger partial charge in [0.2, 0.25) is 0 Å². The average Bonchev–Trinajstić information content (AvgIpc) is 3.57. The van der Waals surface area contributed by atoms with Crippen molar-refractivity contribution in [3.05, 3.63) is 139 Å². The Balaban J connectivity index is 1.31. The molecule has 9 rings (SSSR count). The van der Waals surface area contributed by atoms with E-state index >= 15 is 0 Å². The van der Waals surface area contributed by atoms with Crippen molar-refractivity contribution in [3.63, 3.8) is 0 Å². The van der Waals surface area contributed by atoms with Crippen molar-refractivity contribution in [2.45, 2.75) is 19.3 Å². The summed E-state index contributed by atoms with van der Waals surface area (Å²) in [6, 6.07) is 45.5. The van der Waals surface area contributed by atoms with E-state index in [-0.39, 0.29) is 5.41 Å². The summed E-state index contributed by atoms with van der Waals surface area (Å²) in [5, 5.41) is 4.90. The molecule has 0 amide bonds. The van der Waals surface area contributed by atoms with Gasteiger partial charge in [-0.25, -0.2) is 0 Å². The molecule has 0 unspecified atom stereocenters. The molecule has 0 spiro atoms. The zero-order chi connectivity index (χ0) is 28.0. The maximum Gasteiger partial charge on any atom is 0.156 e. The van der Waals surface area contributed by atoms with E-state index in [1.807, 2.05) is 0 Å². The molecule has 3 nitrogen and oxygen atoms in total. The molecule has 1 aliphatic rings. The lowest BCUT2D eigenvalue weighted by Crippen LogP contribution is -2.25. The van der Waals surface area contributed by atoms with E-state index in [0.717, 1.165) is 33.7 Å². The highest BCUT2D eigenvalue weighted by atomic mass is 16.5. The molecule has 0 atom stereocenters. The van der Waals surface area contributed by atoms with Crippen LogP contribution in [0, 0.1) is 0 Å². The molecule has 2 aromatic heterocycles. The maximum atomic E-state index is 6.97. The number of ether oxygens (including phenoxy) is 1. The maximum absolute atomic E-state index is 6.97. The van der Waals surface area contributed by atoms with Gasteiger partial charge in [0.25, 0.3) is 0 Å². The van der Waals surface area contributed by atoms with Crippen LogP contribution in [0.1, 0.15) is 25.0 Å². The molecule has 3 heterocycles. The highest BCUT2D eigenvalue weighted by Crippen LogP contribution is 2.54. The van der Waals surface area contributed by atoms with Gasteiger partial charge >= 0.3 is 0 Å². The average molecular weight is 541 g/mol. The number of aromatic amines is 1. The first kappa shape index (κ1) is 23.4. The third-order valence-electron chi connectivity index (χ3n) is 9.18. The van der Waals surface area contributed by atoms with Gasteiger partial charge in [-0.1, -0.05) is 105 Å². The van der Waals surface area contributed by atoms with E-state index in [0.29, 0.717) is 0 Å². The number of hydrogen-bond donors (Lipinski definition) is 1. The van der Waals surface area contributed by atoms with Crippen LogP contribution in [-0.2, 0) is 5.41 Å². The van der Waals surface area contributed by atoms with E-state index in [9.17, 15) is 0 Å². The molecule has 42 heavy (non-hydrogen) atoms. The van der Waals surface area contributed by atoms with Gasteiger partial charge in [-0.05, 0) is 47.5 Å². The highest BCUT2D eigenvalue weighted by Gasteiger charge is 2.38. The molecular weight excluding hydrogens is 512 g/mol. The topological polar surface area (TPSA) is 29.9 Å². The molecule has 0 radical (unpaired) electrons. The zero-order valence-electron chi connectivity index (χ0n) is 23.5. The van der Waals surface area contributed by atoms with Crippen molar-refractivity contribution in [1.29, 1.82) is 0 Å². The van der Waals surface area contributed by atoms with E-state index in [4.69, 9.17) is 4.74 Å². The van der Waals surface area contributed by atoms with Crippen molar-refractivity contribution in [1.82, 2.24) is 9.55 Å². The Kier molecular flexibility index (Phi) is 4.67. The Morgan fingerprint density at radius 3 is 2.12 bits per heavy atom. The third kappa shape index (κ3) is 3.11. The quantitative estimate of drug-likeness (QED) is 0.232. The van der Waals surface area contributed by atoms with Gasteiger partial charge in [-0.3, -0.25) is 0 Å². The lowest BCUT2D eigenvalue weighted by Gasteiger charge is -2.35. The monoisotopic (exact) mass is 540 g/mol. The van der Waals surface area contributed by atoms with Crippen LogP contribution in [0.3, 0.4) is 0 Å². The summed E-state index contributed by atoms with van der Waals surface area (Å²) in [6.07, 6.45) is 0. The number of H-pyrrole nitrogens is 1. The number of nitrogens with zero attached hydrogens (tertiary/aromatic N) is 1. The predicted molar refractivity (Wildman–Crippen MR) is 174 cm³/mol. The van der Waals surface area contributed by atoms with Gasteiger partial charge in [-0.15, -0.1) is 0 Å². The third-order valence-corrected chi connectivity index (χ3v) is 9.18. The van der Waals surface area contributed by atoms with Gasteiger partial charge in [0.15, 0.2) is 5.75 Å². The summed E-state index contributed by atoms with van der Waals surface area (Å²) in [7, 11) is 0. The van der Waals surface area contributed by atoms with Crippen molar-refractivity contribution >= 4 is 43.6 Å². The molecule has 0 bridgehead atoms. The molecule has 8 aromatic rings. The lowest BCUT2D eigenvalue weighted by atomic mass is 9.74. The number of fused-ring (bicyclic) bond motifs is 10. The molecule has 0 aliphatic carbocycles. The fourth-order valence-corrected chi connectivity index (χ4v) is 7.17. The molecular formula is C39H28N2O. The summed E-state index contributed by atoms with van der Waals surface area (Å²) < 4.78 is 9.35. The van der Waals surface area contributed by atoms with E-state index in [2.05, 4.69) is 151 Å². The van der Waals surface area contributed by atoms with Gasteiger partial charge in [-0.2, -0.15) is 0 Å². The molecule has 1 N–H and O–H groups in total. The van der Waals surface area contributed by atoms with Crippen molar-refractivity contribution < 1.29 is 4.74 Å². The largest absolute Gasteiger partial charge is 0.454 e. The van der Waals surface area contributed by atoms with Gasteiger partial charge < -0.3 is 14.3 Å². The first-order valence-electron chi connectivity index (χ1n) is 14.5. The van der Waals surface area contributed by atoms with Crippen LogP contribution in [0.2, 0.25) is 0 Å². The van der Waals surface area contributed by atoms with Gasteiger partial charge in [0.1, 0.15) is 5.75 Å². The Labute approximate surface area is 243 Å². The Morgan fingerprint density at radius 2 is 1.29 bits per heavy atom. The van der Waals surface area contributed by atoms with Crippen LogP contribution >= 0.6 is 0 Å². The van der Waals surface area contributed by atoms with Gasteiger partial charge in [0.05, 0.1) is 16.6 Å². The summed E-state index contributed by atoms with van der Waals surface area (Å²) in [6.45, 7) is 4.65. The summed E-state index contributed by atoms with van der Waals surface area (Å²) in [5.41, 5.74) is 10.2. The van der Waals surface area contributed by atoms with Gasteiger partial charge in [0, 0.05) is 49.3 Å². The molecule has 0 saturated carbocycles. The first-order valence-corrected chi connectivity index (χ1v) is 14.5. The standard InChI is InChI=1S/C39H28N2O/c1-39(2)31-22-20-30-28-13-7-9-15-33(28)41(26-18-16-25(17-19-26)24-10-4-3-5-11-24)37(30)38(31)42-34-23-21-29-27-12-6-8-14-32(27)40-36(29)35(34)39/h3-23,40H,1-2H3. The minimum absolute atomic E-state index is 0.282. The molecule has 0 fully saturated rings. The lowest BCUT2D eigenvalue weighted by molar-refractivity contribution is 0.424. The highest BCUT2D eigenvalue weighted by molar-refractivity contribution is 6.13. The molecule has 0 saturated heterocycles. The van der Waals surface area contributed by atoms with Crippen LogP contribution in [0.15, 0.2) is 127 Å². The van der Waals surface area contributed by atoms with E-state index < -0.39 is 0 Å². The smallest absolute Gasteiger partial charge is 0.156 e. The Bertz CT molecular complexity index is 2340. The second-order valence-corrected chi connectivity index (χ2v) is 11.9. The Hall–Kier alpha value is -5.28. The molecule has 200 valence electrons. The first-order chi connectivity index (χ1) is 20.6. The second kappa shape index (κ2) is 8.37. The molecule has 1 aliphatic heterocycles. The normalized spacial score (nSPS) is 13.9. The Morgan fingerprint density at radius 1 is 0.595 bits per heavy atom. The number of benzene rings is 6. The van der Waals surface area contributed by atoms with E-state index in [1.54, 1.807) is 0 Å². The molecule has 6 aromatic carbocycles.